The molecule has 6 nitrogen and oxygen atoms in total. The third-order valence-electron chi connectivity index (χ3n) is 2.21. The van der Waals surface area contributed by atoms with Crippen LogP contribution < -0.4 is 11.8 Å². The summed E-state index contributed by atoms with van der Waals surface area (Å²) in [6, 6.07) is -0.0947. The molecule has 2 heterocycles. The van der Waals surface area contributed by atoms with Gasteiger partial charge in [-0.2, -0.15) is 0 Å². The number of carbonyl (C=O) groups is 1. The van der Waals surface area contributed by atoms with Crippen LogP contribution in [0, 0.1) is 28.0 Å². The van der Waals surface area contributed by atoms with E-state index in [1.807, 2.05) is 0 Å². The molecule has 1 aromatic rings. The van der Waals surface area contributed by atoms with Gasteiger partial charge in [-0.25, -0.2) is 0 Å². The molecule has 88 valence electrons. The van der Waals surface area contributed by atoms with Crippen LogP contribution in [0.5, 0.6) is 6.01 Å². The molecule has 3 N–H and O–H groups in total. The Morgan fingerprint density at radius 3 is 2.94 bits per heavy atom. The average molecular weight is 424 g/mol. The van der Waals surface area contributed by atoms with Crippen LogP contribution >= 0.6 is 0 Å². The zero-order valence-electron chi connectivity index (χ0n) is 8.28. The molecule has 0 fully saturated rings. The summed E-state index contributed by atoms with van der Waals surface area (Å²) >= 11 is -2.74. The molecule has 0 saturated heterocycles. The van der Waals surface area contributed by atoms with Crippen LogP contribution in [-0.4, -0.2) is 28.2 Å². The van der Waals surface area contributed by atoms with E-state index < -0.39 is 37.6 Å². The van der Waals surface area contributed by atoms with Crippen molar-refractivity contribution in [1.82, 2.24) is 9.97 Å². The van der Waals surface area contributed by atoms with E-state index in [0.29, 0.717) is 3.40 Å². The number of hydrogen-bond acceptors (Lipinski definition) is 5. The van der Waals surface area contributed by atoms with Crippen molar-refractivity contribution in [1.29, 1.82) is 0 Å². The summed E-state index contributed by atoms with van der Waals surface area (Å²) in [7, 11) is 1.32. The van der Waals surface area contributed by atoms with Gasteiger partial charge in [0.05, 0.1) is 0 Å². The molecule has 16 heavy (non-hydrogen) atoms. The normalized spacial score (nSPS) is 20.7. The molecule has 8 heteroatoms. The van der Waals surface area contributed by atoms with E-state index in [2.05, 4.69) is 9.97 Å². The van der Waals surface area contributed by atoms with Crippen molar-refractivity contribution in [3.63, 3.8) is 0 Å². The van der Waals surface area contributed by atoms with Gasteiger partial charge in [0.25, 0.3) is 0 Å². The van der Waals surface area contributed by atoms with Gasteiger partial charge in [-0.1, -0.05) is 0 Å². The third kappa shape index (κ3) is 1.76. The molecule has 0 radical (unpaired) electrons. The second-order valence-corrected chi connectivity index (χ2v) is 9.24. The first-order valence-corrected chi connectivity index (χ1v) is 9.16. The summed E-state index contributed by atoms with van der Waals surface area (Å²) in [5.74, 6) is -1.70. The van der Waals surface area contributed by atoms with Gasteiger partial charge in [0.15, 0.2) is 0 Å². The number of carboxylic acids is 1. The summed E-state index contributed by atoms with van der Waals surface area (Å²) in [5.41, 5.74) is 0.250. The Morgan fingerprint density at radius 1 is 1.69 bits per heavy atom. The maximum atomic E-state index is 13.5. The number of aromatic nitrogens is 2. The number of methoxy groups -OCH3 is 1. The topological polar surface area (TPSA) is 98.3 Å². The second-order valence-electron chi connectivity index (χ2n) is 3.12. The summed E-state index contributed by atoms with van der Waals surface area (Å²) in [5, 5.41) is 8.94. The number of fused-ring (bicyclic) bond motifs is 1. The minimum absolute atomic E-state index is 0.0947. The van der Waals surface area contributed by atoms with Crippen molar-refractivity contribution < 1.29 is 41.1 Å². The molecule has 0 spiro atoms. The zero-order valence-corrected chi connectivity index (χ0v) is 11.2. The number of carboxylic acid groups (broad SMARTS) is 1. The summed E-state index contributed by atoms with van der Waals surface area (Å²) in [6.07, 6.45) is 0.0978. The Bertz CT molecular complexity index is 456. The SMILES string of the molecule is COc1nc(F)c2c(n1)[At](N)C(C(=O)O)C2. The Balaban J connectivity index is 2.47. The molecule has 1 aliphatic rings. The van der Waals surface area contributed by atoms with Crippen LogP contribution in [0.25, 0.3) is 0 Å². The van der Waals surface area contributed by atoms with E-state index in [1.54, 1.807) is 0 Å². The first kappa shape index (κ1) is 11.6. The molecule has 2 rings (SSSR count). The van der Waals surface area contributed by atoms with Gasteiger partial charge < -0.3 is 0 Å². The van der Waals surface area contributed by atoms with Crippen molar-refractivity contribution in [2.24, 2.45) is 3.68 Å². The average Bonchev–Trinajstić information content (AvgIpc) is 2.57. The molecular weight excluding hydrogens is 415 g/mol. The van der Waals surface area contributed by atoms with Crippen LogP contribution in [0.4, 0.5) is 4.39 Å². The fourth-order valence-electron chi connectivity index (χ4n) is 1.43. The summed E-state index contributed by atoms with van der Waals surface area (Å²) in [6.45, 7) is 0. The van der Waals surface area contributed by atoms with Crippen molar-refractivity contribution in [3.05, 3.63) is 11.5 Å². The van der Waals surface area contributed by atoms with Crippen LogP contribution in [0.2, 0.25) is 3.63 Å². The fourth-order valence-corrected chi connectivity index (χ4v) is 6.71. The van der Waals surface area contributed by atoms with Crippen molar-refractivity contribution in [2.75, 3.05) is 7.11 Å². The zero-order chi connectivity index (χ0) is 11.9. The molecule has 0 bridgehead atoms. The Morgan fingerprint density at radius 2 is 2.38 bits per heavy atom. The summed E-state index contributed by atoms with van der Waals surface area (Å²) < 4.78 is 23.8. The van der Waals surface area contributed by atoms with E-state index in [9.17, 15) is 9.18 Å². The van der Waals surface area contributed by atoms with E-state index in [-0.39, 0.29) is 18.0 Å². The van der Waals surface area contributed by atoms with Gasteiger partial charge >= 0.3 is 98.8 Å². The molecule has 0 saturated carbocycles. The van der Waals surface area contributed by atoms with Crippen molar-refractivity contribution in [2.45, 2.75) is 10.0 Å². The van der Waals surface area contributed by atoms with Gasteiger partial charge in [-0.3, -0.25) is 0 Å². The molecular formula is C8H9AtFN3O3. The van der Waals surface area contributed by atoms with Crippen LogP contribution in [-0.2, 0) is 11.2 Å². The fraction of sp³-hybridized carbons (Fsp3) is 0.375. The molecule has 1 unspecified atom stereocenters. The van der Waals surface area contributed by atoms with Crippen LogP contribution in [0.1, 0.15) is 5.56 Å². The number of halogens is 1. The number of rotatable bonds is 2. The standard InChI is InChI=1S/C8H9AtFN3O3/c1-16-8-12-5-3(6(10)13-8)2-4(7(14)15)9(5)11/h4H,2,11H2,1H3,(H,14,15). The quantitative estimate of drug-likeness (QED) is 0.602. The Kier molecular flexibility index (Phi) is 3.03. The minimum atomic E-state index is -2.74. The van der Waals surface area contributed by atoms with E-state index in [0.717, 1.165) is 0 Å². The number of hydrogen-bond donors (Lipinski definition) is 2. The van der Waals surface area contributed by atoms with Crippen LogP contribution in [0.3, 0.4) is 0 Å². The van der Waals surface area contributed by atoms with Crippen molar-refractivity contribution >= 4 is 9.37 Å². The monoisotopic (exact) mass is 424 g/mol. The van der Waals surface area contributed by atoms with Gasteiger partial charge in [0.1, 0.15) is 0 Å². The molecule has 0 amide bonds. The van der Waals surface area contributed by atoms with Crippen molar-refractivity contribution in [3.8, 4) is 6.01 Å². The maximum absolute atomic E-state index is 13.5. The molecule has 0 aliphatic carbocycles. The van der Waals surface area contributed by atoms with E-state index in [1.165, 1.54) is 7.11 Å². The number of nitrogens with zero attached hydrogens (tertiary/aromatic N) is 2. The van der Waals surface area contributed by atoms with Gasteiger partial charge in [0, 0.05) is 0 Å². The third-order valence-corrected chi connectivity index (χ3v) is 8.56. The van der Waals surface area contributed by atoms with E-state index in [4.69, 9.17) is 13.5 Å². The van der Waals surface area contributed by atoms with Gasteiger partial charge in [0.2, 0.25) is 0 Å². The second kappa shape index (κ2) is 4.18. The molecule has 1 atom stereocenters. The van der Waals surface area contributed by atoms with E-state index >= 15 is 0 Å². The number of ether oxygens (including phenoxy) is 1. The van der Waals surface area contributed by atoms with Gasteiger partial charge in [-0.05, 0) is 0 Å². The first-order chi connectivity index (χ1) is 7.54. The van der Waals surface area contributed by atoms with Crippen LogP contribution in [0.15, 0.2) is 0 Å². The van der Waals surface area contributed by atoms with Gasteiger partial charge in [-0.15, -0.1) is 0 Å². The predicted molar refractivity (Wildman–Crippen MR) is 47.5 cm³/mol. The number of aliphatic carboxylic acids is 1. The number of nitrogens with two attached hydrogens (primary N) is 1. The Hall–Kier alpha value is -0.877. The summed E-state index contributed by atoms with van der Waals surface area (Å²) in [4.78, 5) is 18.4. The molecule has 1 aromatic heterocycles. The predicted octanol–water partition coefficient (Wildman–Crippen LogP) is -0.827. The molecule has 1 aliphatic heterocycles. The first-order valence-electron chi connectivity index (χ1n) is 4.30. The molecule has 0 aromatic carbocycles. The Labute approximate surface area is 98.7 Å².